The summed E-state index contributed by atoms with van der Waals surface area (Å²) in [5.74, 6) is -1.15. The third kappa shape index (κ3) is 4.95. The summed E-state index contributed by atoms with van der Waals surface area (Å²) in [4.78, 5) is 40.2. The first-order valence-corrected chi connectivity index (χ1v) is 11.1. The van der Waals surface area contributed by atoms with Gasteiger partial charge in [0, 0.05) is 24.3 Å². The maximum Gasteiger partial charge on any atom is 0.257 e. The topological polar surface area (TPSA) is 78.5 Å². The van der Waals surface area contributed by atoms with Crippen LogP contribution in [0.25, 0.3) is 0 Å². The Kier molecular flexibility index (Phi) is 6.54. The van der Waals surface area contributed by atoms with Crippen LogP contribution < -0.4 is 15.5 Å². The van der Waals surface area contributed by atoms with E-state index in [1.807, 2.05) is 55.5 Å². The van der Waals surface area contributed by atoms with Crippen molar-refractivity contribution in [3.8, 4) is 0 Å². The van der Waals surface area contributed by atoms with E-state index in [-0.39, 0.29) is 24.1 Å². The highest BCUT2D eigenvalue weighted by Gasteiger charge is 2.35. The molecule has 33 heavy (non-hydrogen) atoms. The fourth-order valence-corrected chi connectivity index (χ4v) is 3.97. The first kappa shape index (κ1) is 22.3. The molecule has 3 aromatic carbocycles. The van der Waals surface area contributed by atoms with Crippen molar-refractivity contribution in [2.75, 3.05) is 22.1 Å². The van der Waals surface area contributed by atoms with E-state index < -0.39 is 5.92 Å². The van der Waals surface area contributed by atoms with E-state index in [1.165, 1.54) is 5.56 Å². The van der Waals surface area contributed by atoms with E-state index in [2.05, 4.69) is 17.6 Å². The zero-order valence-electron chi connectivity index (χ0n) is 18.8. The molecule has 1 aliphatic rings. The Balaban J connectivity index is 1.46. The molecule has 1 heterocycles. The van der Waals surface area contributed by atoms with E-state index in [0.717, 1.165) is 23.4 Å². The van der Waals surface area contributed by atoms with Crippen LogP contribution in [0.15, 0.2) is 72.8 Å². The summed E-state index contributed by atoms with van der Waals surface area (Å²) in [5.41, 5.74) is 4.45. The molecule has 0 spiro atoms. The van der Waals surface area contributed by atoms with Crippen LogP contribution in [0.2, 0.25) is 0 Å². The van der Waals surface area contributed by atoms with Crippen LogP contribution >= 0.6 is 0 Å². The van der Waals surface area contributed by atoms with E-state index in [9.17, 15) is 14.4 Å². The minimum absolute atomic E-state index is 0.0787. The van der Waals surface area contributed by atoms with Gasteiger partial charge in [-0.25, -0.2) is 0 Å². The molecule has 3 aromatic rings. The number of para-hydroxylation sites is 2. The first-order valence-electron chi connectivity index (χ1n) is 11.1. The summed E-state index contributed by atoms with van der Waals surface area (Å²) in [6.07, 6.45) is 1.06. The van der Waals surface area contributed by atoms with Crippen LogP contribution in [0.4, 0.5) is 17.1 Å². The lowest BCUT2D eigenvalue weighted by molar-refractivity contribution is -0.122. The summed E-state index contributed by atoms with van der Waals surface area (Å²) in [6.45, 7) is 4.31. The lowest BCUT2D eigenvalue weighted by Gasteiger charge is -2.17. The van der Waals surface area contributed by atoms with Gasteiger partial charge in [0.15, 0.2) is 0 Å². The maximum atomic E-state index is 13.0. The van der Waals surface area contributed by atoms with E-state index in [4.69, 9.17) is 0 Å². The quantitative estimate of drug-likeness (QED) is 0.577. The number of aryl methyl sites for hydroxylation is 2. The molecule has 0 aliphatic carbocycles. The van der Waals surface area contributed by atoms with Gasteiger partial charge >= 0.3 is 0 Å². The van der Waals surface area contributed by atoms with E-state index >= 15 is 0 Å². The molecule has 2 N–H and O–H groups in total. The Morgan fingerprint density at radius 2 is 1.58 bits per heavy atom. The van der Waals surface area contributed by atoms with Crippen molar-refractivity contribution in [1.82, 2.24) is 0 Å². The molecule has 0 saturated carbocycles. The molecule has 0 bridgehead atoms. The molecule has 6 heteroatoms. The lowest BCUT2D eigenvalue weighted by atomic mass is 10.1. The van der Waals surface area contributed by atoms with Crippen molar-refractivity contribution in [3.05, 3.63) is 89.5 Å². The molecule has 0 radical (unpaired) electrons. The molecular weight excluding hydrogens is 414 g/mol. The van der Waals surface area contributed by atoms with Crippen molar-refractivity contribution in [1.29, 1.82) is 0 Å². The molecule has 3 amide bonds. The number of hydrogen-bond acceptors (Lipinski definition) is 3. The number of rotatable bonds is 6. The first-order chi connectivity index (χ1) is 16.0. The standard InChI is InChI=1S/C27H27N3O3/c1-3-19-12-14-21(15-13-19)30-17-20(16-25(30)31)26(32)29-24-11-7-5-9-22(24)27(33)28-23-10-6-4-8-18(23)2/h4-15,20H,3,16-17H2,1-2H3,(H,28,33)(H,29,32)/t20-/m0/s1. The second-order valence-corrected chi connectivity index (χ2v) is 8.23. The number of carbonyl (C=O) groups excluding carboxylic acids is 3. The van der Waals surface area contributed by atoms with Crippen LogP contribution in [-0.2, 0) is 16.0 Å². The third-order valence-corrected chi connectivity index (χ3v) is 5.97. The fraction of sp³-hybridized carbons (Fsp3) is 0.222. The summed E-state index contributed by atoms with van der Waals surface area (Å²) in [7, 11) is 0. The number of nitrogens with one attached hydrogen (secondary N) is 2. The minimum Gasteiger partial charge on any atom is -0.325 e. The van der Waals surface area contributed by atoms with Crippen molar-refractivity contribution >= 4 is 34.8 Å². The van der Waals surface area contributed by atoms with Gasteiger partial charge in [0.1, 0.15) is 0 Å². The van der Waals surface area contributed by atoms with Crippen LogP contribution in [0.3, 0.4) is 0 Å². The molecule has 1 saturated heterocycles. The zero-order valence-corrected chi connectivity index (χ0v) is 18.8. The molecule has 6 nitrogen and oxygen atoms in total. The molecule has 1 fully saturated rings. The zero-order chi connectivity index (χ0) is 23.4. The van der Waals surface area contributed by atoms with Crippen LogP contribution in [0.5, 0.6) is 0 Å². The van der Waals surface area contributed by atoms with Gasteiger partial charge in [0.05, 0.1) is 17.2 Å². The van der Waals surface area contributed by atoms with Crippen LogP contribution in [-0.4, -0.2) is 24.3 Å². The van der Waals surface area contributed by atoms with Gasteiger partial charge in [0.25, 0.3) is 5.91 Å². The minimum atomic E-state index is -0.490. The van der Waals surface area contributed by atoms with Crippen molar-refractivity contribution in [2.45, 2.75) is 26.7 Å². The van der Waals surface area contributed by atoms with Gasteiger partial charge in [-0.1, -0.05) is 49.4 Å². The van der Waals surface area contributed by atoms with Gasteiger partial charge in [0.2, 0.25) is 11.8 Å². The van der Waals surface area contributed by atoms with Crippen molar-refractivity contribution in [2.24, 2.45) is 5.92 Å². The van der Waals surface area contributed by atoms with E-state index in [0.29, 0.717) is 17.8 Å². The van der Waals surface area contributed by atoms with Crippen molar-refractivity contribution in [3.63, 3.8) is 0 Å². The predicted molar refractivity (Wildman–Crippen MR) is 130 cm³/mol. The van der Waals surface area contributed by atoms with Crippen molar-refractivity contribution < 1.29 is 14.4 Å². The normalized spacial score (nSPS) is 15.4. The molecule has 4 rings (SSSR count). The molecular formula is C27H27N3O3. The van der Waals surface area contributed by atoms with Crippen LogP contribution in [0, 0.1) is 12.8 Å². The smallest absolute Gasteiger partial charge is 0.257 e. The highest BCUT2D eigenvalue weighted by atomic mass is 16.2. The molecule has 168 valence electrons. The Morgan fingerprint density at radius 1 is 0.909 bits per heavy atom. The van der Waals surface area contributed by atoms with Crippen LogP contribution in [0.1, 0.15) is 34.8 Å². The molecule has 0 unspecified atom stereocenters. The highest BCUT2D eigenvalue weighted by molar-refractivity contribution is 6.11. The summed E-state index contributed by atoms with van der Waals surface area (Å²) < 4.78 is 0. The van der Waals surface area contributed by atoms with Gasteiger partial charge in [-0.05, 0) is 54.8 Å². The molecule has 1 atom stereocenters. The molecule has 1 aliphatic heterocycles. The number of benzene rings is 3. The average molecular weight is 442 g/mol. The number of nitrogens with zero attached hydrogens (tertiary/aromatic N) is 1. The SMILES string of the molecule is CCc1ccc(N2C[C@@H](C(=O)Nc3ccccc3C(=O)Nc3ccccc3C)CC2=O)cc1. The average Bonchev–Trinajstić information content (AvgIpc) is 3.22. The second-order valence-electron chi connectivity index (χ2n) is 8.23. The number of hydrogen-bond donors (Lipinski definition) is 2. The fourth-order valence-electron chi connectivity index (χ4n) is 3.97. The number of anilines is 3. The van der Waals surface area contributed by atoms with Gasteiger partial charge in [-0.2, -0.15) is 0 Å². The molecule has 0 aromatic heterocycles. The van der Waals surface area contributed by atoms with Gasteiger partial charge < -0.3 is 15.5 Å². The number of carbonyl (C=O) groups is 3. The van der Waals surface area contributed by atoms with Gasteiger partial charge in [-0.15, -0.1) is 0 Å². The largest absolute Gasteiger partial charge is 0.325 e. The third-order valence-electron chi connectivity index (χ3n) is 5.97. The summed E-state index contributed by atoms with van der Waals surface area (Å²) in [5, 5.41) is 5.77. The Morgan fingerprint density at radius 3 is 2.27 bits per heavy atom. The predicted octanol–water partition coefficient (Wildman–Crippen LogP) is 4.80. The lowest BCUT2D eigenvalue weighted by Crippen LogP contribution is -2.28. The highest BCUT2D eigenvalue weighted by Crippen LogP contribution is 2.27. The van der Waals surface area contributed by atoms with Gasteiger partial charge in [-0.3, -0.25) is 14.4 Å². The second kappa shape index (κ2) is 9.69. The number of amides is 3. The van der Waals surface area contributed by atoms with E-state index in [1.54, 1.807) is 29.2 Å². The Hall–Kier alpha value is -3.93. The Bertz CT molecular complexity index is 1190. The Labute approximate surface area is 193 Å². The maximum absolute atomic E-state index is 13.0. The summed E-state index contributed by atoms with van der Waals surface area (Å²) >= 11 is 0. The monoisotopic (exact) mass is 441 g/mol. The summed E-state index contributed by atoms with van der Waals surface area (Å²) in [6, 6.07) is 22.2.